The molecule has 0 saturated heterocycles. The molecule has 0 atom stereocenters. The fraction of sp³-hybridized carbons (Fsp3) is 0.238. The number of aliphatic imine (C=N–C) groups is 1. The highest BCUT2D eigenvalue weighted by Crippen LogP contribution is 2.39. The molecule has 0 bridgehead atoms. The van der Waals surface area contributed by atoms with Crippen molar-refractivity contribution >= 4 is 40.1 Å². The van der Waals surface area contributed by atoms with Crippen LogP contribution in [0.2, 0.25) is 5.02 Å². The van der Waals surface area contributed by atoms with Crippen LogP contribution in [0.5, 0.6) is 0 Å². The number of thiophene rings is 1. The number of aryl methyl sites for hydroxylation is 1. The molecule has 6 heteroatoms. The first-order valence-electron chi connectivity index (χ1n) is 8.95. The van der Waals surface area contributed by atoms with E-state index in [-0.39, 0.29) is 5.91 Å². The molecule has 0 aliphatic heterocycles. The van der Waals surface area contributed by atoms with Gasteiger partial charge in [0.25, 0.3) is 5.91 Å². The van der Waals surface area contributed by atoms with Gasteiger partial charge in [0.15, 0.2) is 0 Å². The fourth-order valence-corrected chi connectivity index (χ4v) is 4.58. The van der Waals surface area contributed by atoms with Crippen LogP contribution in [-0.4, -0.2) is 12.1 Å². The Morgan fingerprint density at radius 1 is 1.22 bits per heavy atom. The molecule has 0 fully saturated rings. The average molecular weight is 399 g/mol. The van der Waals surface area contributed by atoms with Gasteiger partial charge in [-0.2, -0.15) is 0 Å². The highest BCUT2D eigenvalue weighted by molar-refractivity contribution is 7.16. The monoisotopic (exact) mass is 398 g/mol. The predicted octanol–water partition coefficient (Wildman–Crippen LogP) is 5.55. The third kappa shape index (κ3) is 4.15. The molecule has 1 aromatic carbocycles. The Balaban J connectivity index is 1.61. The van der Waals surface area contributed by atoms with Crippen molar-refractivity contribution in [3.63, 3.8) is 0 Å². The number of furan rings is 1. The molecule has 1 amide bonds. The maximum Gasteiger partial charge on any atom is 0.255 e. The normalized spacial score (nSPS) is 13.7. The number of rotatable bonds is 5. The summed E-state index contributed by atoms with van der Waals surface area (Å²) in [4.78, 5) is 18.8. The van der Waals surface area contributed by atoms with Gasteiger partial charge < -0.3 is 9.73 Å². The summed E-state index contributed by atoms with van der Waals surface area (Å²) < 4.78 is 5.31. The van der Waals surface area contributed by atoms with Crippen LogP contribution >= 0.6 is 22.9 Å². The van der Waals surface area contributed by atoms with Crippen molar-refractivity contribution < 1.29 is 9.21 Å². The van der Waals surface area contributed by atoms with Crippen LogP contribution in [0.15, 0.2) is 52.1 Å². The minimum Gasteiger partial charge on any atom is -0.467 e. The highest BCUT2D eigenvalue weighted by Gasteiger charge is 2.25. The van der Waals surface area contributed by atoms with Crippen molar-refractivity contribution in [3.8, 4) is 0 Å². The molecule has 4 nitrogen and oxygen atoms in total. The molecule has 138 valence electrons. The Hall–Kier alpha value is -2.37. The molecule has 1 N–H and O–H groups in total. The second-order valence-electron chi connectivity index (χ2n) is 6.46. The topological polar surface area (TPSA) is 54.6 Å². The number of amides is 1. The number of nitrogens with zero attached hydrogens (tertiary/aromatic N) is 1. The van der Waals surface area contributed by atoms with Gasteiger partial charge in [-0.3, -0.25) is 4.79 Å². The summed E-state index contributed by atoms with van der Waals surface area (Å²) in [5.74, 6) is 0.646. The minimum absolute atomic E-state index is 0.0888. The first-order valence-corrected chi connectivity index (χ1v) is 10.1. The molecule has 1 aliphatic rings. The number of carbonyl (C=O) groups is 1. The van der Waals surface area contributed by atoms with Gasteiger partial charge in [0.1, 0.15) is 10.8 Å². The standard InChI is InChI=1S/C21H19ClN2O2S/c22-15-9-7-14(8-10-15)12-24-21-19(17-5-1-2-6-18(17)27-21)20(25)23-13-16-4-3-11-26-16/h3-4,7-12H,1-2,5-6,13H2,(H,23,25)/b24-12-. The van der Waals surface area contributed by atoms with Crippen molar-refractivity contribution in [2.24, 2.45) is 4.99 Å². The molecule has 2 heterocycles. The maximum atomic E-state index is 12.9. The summed E-state index contributed by atoms with van der Waals surface area (Å²) in [5.41, 5.74) is 2.82. The van der Waals surface area contributed by atoms with Gasteiger partial charge in [0.2, 0.25) is 0 Å². The number of hydrogen-bond acceptors (Lipinski definition) is 4. The van der Waals surface area contributed by atoms with Gasteiger partial charge in [0, 0.05) is 16.1 Å². The molecule has 0 spiro atoms. The number of nitrogens with one attached hydrogen (secondary N) is 1. The van der Waals surface area contributed by atoms with Crippen LogP contribution < -0.4 is 5.32 Å². The van der Waals surface area contributed by atoms with Crippen molar-refractivity contribution in [1.82, 2.24) is 5.32 Å². The smallest absolute Gasteiger partial charge is 0.255 e. The molecule has 2 aromatic heterocycles. The van der Waals surface area contributed by atoms with Crippen molar-refractivity contribution in [2.75, 3.05) is 0 Å². The molecular weight excluding hydrogens is 380 g/mol. The summed E-state index contributed by atoms with van der Waals surface area (Å²) in [6.45, 7) is 0.372. The van der Waals surface area contributed by atoms with Crippen molar-refractivity contribution in [2.45, 2.75) is 32.2 Å². The van der Waals surface area contributed by atoms with Crippen molar-refractivity contribution in [1.29, 1.82) is 0 Å². The SMILES string of the molecule is O=C(NCc1ccco1)c1c(/N=C\c2ccc(Cl)cc2)sc2c1CCCC2. The highest BCUT2D eigenvalue weighted by atomic mass is 35.5. The van der Waals surface area contributed by atoms with Crippen molar-refractivity contribution in [3.05, 3.63) is 75.0 Å². The quantitative estimate of drug-likeness (QED) is 0.572. The van der Waals surface area contributed by atoms with Crippen LogP contribution in [-0.2, 0) is 19.4 Å². The van der Waals surface area contributed by atoms with Gasteiger partial charge >= 0.3 is 0 Å². The summed E-state index contributed by atoms with van der Waals surface area (Å²) in [6.07, 6.45) is 7.64. The summed E-state index contributed by atoms with van der Waals surface area (Å²) >= 11 is 7.57. The van der Waals surface area contributed by atoms with Gasteiger partial charge in [0.05, 0.1) is 18.4 Å². The second kappa shape index (κ2) is 8.11. The van der Waals surface area contributed by atoms with Gasteiger partial charge in [-0.1, -0.05) is 23.7 Å². The van der Waals surface area contributed by atoms with E-state index in [4.69, 9.17) is 16.0 Å². The van der Waals surface area contributed by atoms with E-state index in [1.165, 1.54) is 11.3 Å². The molecular formula is C21H19ClN2O2S. The van der Waals surface area contributed by atoms with E-state index in [0.29, 0.717) is 17.1 Å². The van der Waals surface area contributed by atoms with Crippen LogP contribution in [0, 0.1) is 0 Å². The van der Waals surface area contributed by atoms with E-state index in [0.717, 1.165) is 41.2 Å². The molecule has 3 aromatic rings. The zero-order valence-electron chi connectivity index (χ0n) is 14.7. The number of carbonyl (C=O) groups excluding carboxylic acids is 1. The van der Waals surface area contributed by atoms with Crippen LogP contribution in [0.25, 0.3) is 0 Å². The minimum atomic E-state index is -0.0888. The van der Waals surface area contributed by atoms with E-state index in [2.05, 4.69) is 10.3 Å². The van der Waals surface area contributed by atoms with Gasteiger partial charge in [-0.25, -0.2) is 4.99 Å². The summed E-state index contributed by atoms with van der Waals surface area (Å²) in [5, 5.41) is 4.43. The number of hydrogen-bond donors (Lipinski definition) is 1. The molecule has 27 heavy (non-hydrogen) atoms. The van der Waals surface area contributed by atoms with Crippen LogP contribution in [0.4, 0.5) is 5.00 Å². The lowest BCUT2D eigenvalue weighted by atomic mass is 9.95. The molecule has 1 aliphatic carbocycles. The van der Waals surface area contributed by atoms with E-state index >= 15 is 0 Å². The first kappa shape index (κ1) is 18.0. The molecule has 0 radical (unpaired) electrons. The van der Waals surface area contributed by atoms with Crippen LogP contribution in [0.3, 0.4) is 0 Å². The Morgan fingerprint density at radius 2 is 2.04 bits per heavy atom. The Morgan fingerprint density at radius 3 is 2.81 bits per heavy atom. The van der Waals surface area contributed by atoms with Gasteiger partial charge in [-0.15, -0.1) is 11.3 Å². The lowest BCUT2D eigenvalue weighted by molar-refractivity contribution is 0.0948. The largest absolute Gasteiger partial charge is 0.467 e. The number of benzene rings is 1. The Kier molecular flexibility index (Phi) is 5.41. The summed E-state index contributed by atoms with van der Waals surface area (Å²) in [7, 11) is 0. The lowest BCUT2D eigenvalue weighted by Gasteiger charge is -2.12. The maximum absolute atomic E-state index is 12.9. The molecule has 4 rings (SSSR count). The fourth-order valence-electron chi connectivity index (χ4n) is 3.23. The predicted molar refractivity (Wildman–Crippen MR) is 110 cm³/mol. The van der Waals surface area contributed by atoms with E-state index in [1.807, 2.05) is 36.4 Å². The number of halogens is 1. The van der Waals surface area contributed by atoms with E-state index < -0.39 is 0 Å². The van der Waals surface area contributed by atoms with E-state index in [9.17, 15) is 4.79 Å². The average Bonchev–Trinajstić information content (AvgIpc) is 3.33. The van der Waals surface area contributed by atoms with Crippen LogP contribution in [0.1, 0.15) is 45.0 Å². The zero-order valence-corrected chi connectivity index (χ0v) is 16.3. The number of fused-ring (bicyclic) bond motifs is 1. The second-order valence-corrected chi connectivity index (χ2v) is 7.98. The lowest BCUT2D eigenvalue weighted by Crippen LogP contribution is -2.23. The zero-order chi connectivity index (χ0) is 18.6. The van der Waals surface area contributed by atoms with Gasteiger partial charge in [-0.05, 0) is 61.1 Å². The third-order valence-electron chi connectivity index (χ3n) is 4.58. The Bertz CT molecular complexity index is 959. The Labute approximate surface area is 166 Å². The summed E-state index contributed by atoms with van der Waals surface area (Å²) in [6, 6.07) is 11.2. The molecule has 0 unspecified atom stereocenters. The van der Waals surface area contributed by atoms with E-state index in [1.54, 1.807) is 23.8 Å². The molecule has 0 saturated carbocycles. The first-order chi connectivity index (χ1) is 13.2. The third-order valence-corrected chi connectivity index (χ3v) is 6.04.